The summed E-state index contributed by atoms with van der Waals surface area (Å²) >= 11 is 0. The molecule has 0 unspecified atom stereocenters. The number of nitrogens with two attached hydrogens (primary N) is 1. The molecule has 0 atom stereocenters. The number of anilines is 1. The smallest absolute Gasteiger partial charge is 0.0434 e. The number of benzene rings is 1. The minimum Gasteiger partial charge on any atom is -0.399 e. The Morgan fingerprint density at radius 3 is 2.75 bits per heavy atom. The van der Waals surface area contributed by atoms with Gasteiger partial charge in [-0.3, -0.25) is 0 Å². The summed E-state index contributed by atoms with van der Waals surface area (Å²) in [4.78, 5) is 0. The molecule has 2 heteroatoms. The topological polar surface area (TPSA) is 46.2 Å². The van der Waals surface area contributed by atoms with E-state index in [-0.39, 0.29) is 6.61 Å². The molecule has 0 spiro atoms. The molecule has 1 aromatic rings. The Morgan fingerprint density at radius 1 is 1.42 bits per heavy atom. The van der Waals surface area contributed by atoms with Crippen LogP contribution in [0.5, 0.6) is 0 Å². The zero-order valence-electron chi connectivity index (χ0n) is 7.38. The second-order valence-corrected chi connectivity index (χ2v) is 3.01. The standard InChI is InChI=1S/C10H15NO/c1-8-7-10(11)5-4-9(8)3-2-6-12/h4-5,7,12H,2-3,6,11H2,1H3. The maximum Gasteiger partial charge on any atom is 0.0434 e. The molecule has 2 nitrogen and oxygen atoms in total. The molecule has 0 amide bonds. The summed E-state index contributed by atoms with van der Waals surface area (Å²) in [5.74, 6) is 0. The number of rotatable bonds is 3. The van der Waals surface area contributed by atoms with Crippen molar-refractivity contribution in [3.63, 3.8) is 0 Å². The number of nitrogen functional groups attached to an aromatic ring is 1. The van der Waals surface area contributed by atoms with E-state index in [4.69, 9.17) is 10.8 Å². The summed E-state index contributed by atoms with van der Waals surface area (Å²) < 4.78 is 0. The van der Waals surface area contributed by atoms with E-state index in [0.717, 1.165) is 18.5 Å². The van der Waals surface area contributed by atoms with Gasteiger partial charge in [-0.2, -0.15) is 0 Å². The van der Waals surface area contributed by atoms with Crippen molar-refractivity contribution in [3.8, 4) is 0 Å². The van der Waals surface area contributed by atoms with E-state index < -0.39 is 0 Å². The number of hydrogen-bond acceptors (Lipinski definition) is 2. The minimum atomic E-state index is 0.254. The van der Waals surface area contributed by atoms with E-state index in [1.165, 1.54) is 11.1 Å². The molecule has 1 aromatic carbocycles. The Morgan fingerprint density at radius 2 is 2.17 bits per heavy atom. The van der Waals surface area contributed by atoms with Crippen molar-refractivity contribution in [2.75, 3.05) is 12.3 Å². The van der Waals surface area contributed by atoms with Crippen LogP contribution in [0.2, 0.25) is 0 Å². The van der Waals surface area contributed by atoms with Crippen LogP contribution in [-0.2, 0) is 6.42 Å². The highest BCUT2D eigenvalue weighted by Crippen LogP contribution is 2.13. The van der Waals surface area contributed by atoms with Gasteiger partial charge in [-0.1, -0.05) is 6.07 Å². The van der Waals surface area contributed by atoms with E-state index in [9.17, 15) is 0 Å². The van der Waals surface area contributed by atoms with Gasteiger partial charge in [0, 0.05) is 12.3 Å². The summed E-state index contributed by atoms with van der Waals surface area (Å²) in [6.45, 7) is 2.30. The molecule has 0 fully saturated rings. The molecule has 0 saturated carbocycles. The molecule has 0 saturated heterocycles. The summed E-state index contributed by atoms with van der Waals surface area (Å²) in [6, 6.07) is 5.90. The summed E-state index contributed by atoms with van der Waals surface area (Å²) in [5, 5.41) is 8.65. The number of aryl methyl sites for hydroxylation is 2. The third-order valence-electron chi connectivity index (χ3n) is 1.97. The monoisotopic (exact) mass is 165 g/mol. The van der Waals surface area contributed by atoms with Gasteiger partial charge in [0.1, 0.15) is 0 Å². The molecule has 0 bridgehead atoms. The van der Waals surface area contributed by atoms with Crippen LogP contribution >= 0.6 is 0 Å². The van der Waals surface area contributed by atoms with Gasteiger partial charge in [-0.15, -0.1) is 0 Å². The molecule has 66 valence electrons. The maximum absolute atomic E-state index is 8.65. The first-order valence-electron chi connectivity index (χ1n) is 4.20. The molecule has 0 aromatic heterocycles. The fourth-order valence-electron chi connectivity index (χ4n) is 1.27. The zero-order chi connectivity index (χ0) is 8.97. The Hall–Kier alpha value is -1.02. The lowest BCUT2D eigenvalue weighted by Crippen LogP contribution is -1.94. The average Bonchev–Trinajstić information content (AvgIpc) is 2.03. The van der Waals surface area contributed by atoms with Gasteiger partial charge in [0.25, 0.3) is 0 Å². The summed E-state index contributed by atoms with van der Waals surface area (Å²) in [6.07, 6.45) is 1.76. The number of aliphatic hydroxyl groups is 1. The van der Waals surface area contributed by atoms with E-state index in [2.05, 4.69) is 0 Å². The second-order valence-electron chi connectivity index (χ2n) is 3.01. The first-order chi connectivity index (χ1) is 5.74. The second kappa shape index (κ2) is 4.12. The molecule has 0 heterocycles. The lowest BCUT2D eigenvalue weighted by atomic mass is 10.0. The van der Waals surface area contributed by atoms with Crippen molar-refractivity contribution in [2.45, 2.75) is 19.8 Å². The molecular weight excluding hydrogens is 150 g/mol. The fourth-order valence-corrected chi connectivity index (χ4v) is 1.27. The van der Waals surface area contributed by atoms with Gasteiger partial charge in [-0.25, -0.2) is 0 Å². The van der Waals surface area contributed by atoms with Gasteiger partial charge >= 0.3 is 0 Å². The Kier molecular flexibility index (Phi) is 3.11. The van der Waals surface area contributed by atoms with Crippen molar-refractivity contribution >= 4 is 5.69 Å². The number of aliphatic hydroxyl groups excluding tert-OH is 1. The average molecular weight is 165 g/mol. The van der Waals surface area contributed by atoms with Gasteiger partial charge in [0.15, 0.2) is 0 Å². The highest BCUT2D eigenvalue weighted by atomic mass is 16.2. The third-order valence-corrected chi connectivity index (χ3v) is 1.97. The Bertz CT molecular complexity index is 258. The van der Waals surface area contributed by atoms with Crippen LogP contribution in [0.4, 0.5) is 5.69 Å². The Balaban J connectivity index is 2.72. The lowest BCUT2D eigenvalue weighted by Gasteiger charge is -2.04. The quantitative estimate of drug-likeness (QED) is 0.667. The molecule has 0 aliphatic carbocycles. The van der Waals surface area contributed by atoms with Crippen LogP contribution in [0.3, 0.4) is 0 Å². The molecular formula is C10H15NO. The normalized spacial score (nSPS) is 10.2. The minimum absolute atomic E-state index is 0.254. The number of hydrogen-bond donors (Lipinski definition) is 2. The maximum atomic E-state index is 8.65. The molecule has 3 N–H and O–H groups in total. The van der Waals surface area contributed by atoms with E-state index in [1.807, 2.05) is 25.1 Å². The molecule has 0 aliphatic rings. The van der Waals surface area contributed by atoms with E-state index in [0.29, 0.717) is 0 Å². The summed E-state index contributed by atoms with van der Waals surface area (Å²) in [7, 11) is 0. The third kappa shape index (κ3) is 2.24. The fraction of sp³-hybridized carbons (Fsp3) is 0.400. The molecule has 0 aliphatic heterocycles. The van der Waals surface area contributed by atoms with Crippen LogP contribution in [-0.4, -0.2) is 11.7 Å². The first kappa shape index (κ1) is 9.07. The van der Waals surface area contributed by atoms with Crippen molar-refractivity contribution in [2.24, 2.45) is 0 Å². The molecule has 1 rings (SSSR count). The van der Waals surface area contributed by atoms with Crippen LogP contribution in [0.15, 0.2) is 18.2 Å². The van der Waals surface area contributed by atoms with Crippen molar-refractivity contribution in [1.82, 2.24) is 0 Å². The van der Waals surface area contributed by atoms with E-state index in [1.54, 1.807) is 0 Å². The van der Waals surface area contributed by atoms with Gasteiger partial charge in [0.05, 0.1) is 0 Å². The van der Waals surface area contributed by atoms with Gasteiger partial charge in [0.2, 0.25) is 0 Å². The first-order valence-corrected chi connectivity index (χ1v) is 4.20. The van der Waals surface area contributed by atoms with Gasteiger partial charge < -0.3 is 10.8 Å². The predicted octanol–water partition coefficient (Wildman–Crippen LogP) is 1.50. The molecule has 0 radical (unpaired) electrons. The van der Waals surface area contributed by atoms with Crippen molar-refractivity contribution in [1.29, 1.82) is 0 Å². The van der Waals surface area contributed by atoms with Crippen LogP contribution < -0.4 is 5.73 Å². The highest BCUT2D eigenvalue weighted by molar-refractivity contribution is 5.44. The predicted molar refractivity (Wildman–Crippen MR) is 51.0 cm³/mol. The van der Waals surface area contributed by atoms with Crippen molar-refractivity contribution in [3.05, 3.63) is 29.3 Å². The lowest BCUT2D eigenvalue weighted by molar-refractivity contribution is 0.288. The Labute approximate surface area is 73.0 Å². The van der Waals surface area contributed by atoms with E-state index >= 15 is 0 Å². The van der Waals surface area contributed by atoms with Crippen molar-refractivity contribution < 1.29 is 5.11 Å². The summed E-state index contributed by atoms with van der Waals surface area (Å²) in [5.41, 5.74) is 8.90. The molecule has 12 heavy (non-hydrogen) atoms. The van der Waals surface area contributed by atoms with Crippen LogP contribution in [0, 0.1) is 6.92 Å². The zero-order valence-corrected chi connectivity index (χ0v) is 7.38. The highest BCUT2D eigenvalue weighted by Gasteiger charge is 1.97. The van der Waals surface area contributed by atoms with Gasteiger partial charge in [-0.05, 0) is 43.0 Å². The van der Waals surface area contributed by atoms with Crippen LogP contribution in [0.1, 0.15) is 17.5 Å². The SMILES string of the molecule is Cc1cc(N)ccc1CCCO. The van der Waals surface area contributed by atoms with Crippen LogP contribution in [0.25, 0.3) is 0 Å². The largest absolute Gasteiger partial charge is 0.399 e.